The van der Waals surface area contributed by atoms with Gasteiger partial charge in [-0.1, -0.05) is 12.1 Å². The molecular formula is C21H18BrNO7S. The third-order valence-electron chi connectivity index (χ3n) is 3.99. The minimum atomic E-state index is -0.597. The van der Waals surface area contributed by atoms with Crippen LogP contribution in [-0.4, -0.2) is 38.2 Å². The highest BCUT2D eigenvalue weighted by Gasteiger charge is 2.25. The molecule has 0 unspecified atom stereocenters. The summed E-state index contributed by atoms with van der Waals surface area (Å²) in [5.41, 5.74) is 1.67. The number of carbonyl (C=O) groups excluding carboxylic acids is 3. The summed E-state index contributed by atoms with van der Waals surface area (Å²) in [6.07, 6.45) is 2.77. The van der Waals surface area contributed by atoms with Crippen molar-refractivity contribution in [3.63, 3.8) is 0 Å². The molecule has 10 heteroatoms. The molecule has 8 nitrogen and oxygen atoms in total. The molecule has 1 aromatic carbocycles. The molecule has 1 N–H and O–H groups in total. The molecule has 1 amide bonds. The SMILES string of the molecule is CCOC(=O)COc1c(C(=O)OC)sc(-c2cccc(NC(=O)c3ccoc3)c2)c1Br. The summed E-state index contributed by atoms with van der Waals surface area (Å²) in [6.45, 7) is 1.56. The molecule has 162 valence electrons. The normalized spacial score (nSPS) is 10.4. The lowest BCUT2D eigenvalue weighted by Crippen LogP contribution is -2.15. The van der Waals surface area contributed by atoms with Crippen molar-refractivity contribution in [1.82, 2.24) is 0 Å². The van der Waals surface area contributed by atoms with Gasteiger partial charge in [0.1, 0.15) is 6.26 Å². The molecule has 3 rings (SSSR count). The first-order chi connectivity index (χ1) is 14.9. The summed E-state index contributed by atoms with van der Waals surface area (Å²) in [4.78, 5) is 37.1. The van der Waals surface area contributed by atoms with Gasteiger partial charge in [-0.25, -0.2) is 9.59 Å². The molecule has 0 spiro atoms. The minimum absolute atomic E-state index is 0.188. The molecule has 2 heterocycles. The zero-order chi connectivity index (χ0) is 22.4. The summed E-state index contributed by atoms with van der Waals surface area (Å²) < 4.78 is 20.7. The van der Waals surface area contributed by atoms with Gasteiger partial charge in [0.05, 0.1) is 34.9 Å². The number of hydrogen-bond acceptors (Lipinski definition) is 8. The van der Waals surface area contributed by atoms with Crippen molar-refractivity contribution in [2.75, 3.05) is 25.6 Å². The van der Waals surface area contributed by atoms with Gasteiger partial charge in [-0.05, 0) is 46.6 Å². The molecule has 0 aliphatic rings. The van der Waals surface area contributed by atoms with E-state index in [1.54, 1.807) is 31.2 Å². The molecule has 0 aliphatic heterocycles. The van der Waals surface area contributed by atoms with Gasteiger partial charge in [-0.3, -0.25) is 4.79 Å². The quantitative estimate of drug-likeness (QED) is 0.438. The van der Waals surface area contributed by atoms with E-state index in [9.17, 15) is 14.4 Å². The number of benzene rings is 1. The Balaban J connectivity index is 1.90. The fourth-order valence-electron chi connectivity index (χ4n) is 2.61. The van der Waals surface area contributed by atoms with Gasteiger partial charge >= 0.3 is 11.9 Å². The number of carbonyl (C=O) groups is 3. The van der Waals surface area contributed by atoms with Gasteiger partial charge in [0, 0.05) is 5.69 Å². The molecule has 0 saturated carbocycles. The number of hydrogen-bond donors (Lipinski definition) is 1. The van der Waals surface area contributed by atoms with E-state index in [1.165, 1.54) is 19.6 Å². The Hall–Kier alpha value is -3.11. The van der Waals surface area contributed by atoms with Crippen molar-refractivity contribution < 1.29 is 33.0 Å². The molecule has 0 radical (unpaired) electrons. The van der Waals surface area contributed by atoms with Crippen LogP contribution in [0.4, 0.5) is 5.69 Å². The second-order valence-corrected chi connectivity index (χ2v) is 7.85. The predicted octanol–water partition coefficient (Wildman–Crippen LogP) is 4.75. The van der Waals surface area contributed by atoms with Gasteiger partial charge in [0.25, 0.3) is 5.91 Å². The highest BCUT2D eigenvalue weighted by molar-refractivity contribution is 9.10. The Morgan fingerprint density at radius 2 is 2.03 bits per heavy atom. The van der Waals surface area contributed by atoms with Gasteiger partial charge < -0.3 is 23.9 Å². The lowest BCUT2D eigenvalue weighted by molar-refractivity contribution is -0.145. The highest BCUT2D eigenvalue weighted by Crippen LogP contribution is 2.46. The number of nitrogens with one attached hydrogen (secondary N) is 1. The number of halogens is 1. The van der Waals surface area contributed by atoms with E-state index in [1.807, 2.05) is 6.07 Å². The maximum Gasteiger partial charge on any atom is 0.351 e. The van der Waals surface area contributed by atoms with E-state index in [0.717, 1.165) is 16.9 Å². The molecule has 2 aromatic heterocycles. The maximum atomic E-state index is 12.3. The average Bonchev–Trinajstić information content (AvgIpc) is 3.41. The zero-order valence-electron chi connectivity index (χ0n) is 16.6. The number of methoxy groups -OCH3 is 1. The van der Waals surface area contributed by atoms with E-state index in [0.29, 0.717) is 20.6 Å². The van der Waals surface area contributed by atoms with Crippen LogP contribution < -0.4 is 10.1 Å². The van der Waals surface area contributed by atoms with Crippen LogP contribution in [0.5, 0.6) is 5.75 Å². The Labute approximate surface area is 190 Å². The molecule has 0 saturated heterocycles. The summed E-state index contributed by atoms with van der Waals surface area (Å²) in [7, 11) is 1.26. The first kappa shape index (κ1) is 22.6. The monoisotopic (exact) mass is 507 g/mol. The molecule has 0 atom stereocenters. The molecule has 3 aromatic rings. The topological polar surface area (TPSA) is 104 Å². The number of thiophene rings is 1. The van der Waals surface area contributed by atoms with Gasteiger partial charge in [-0.15, -0.1) is 11.3 Å². The third-order valence-corrected chi connectivity index (χ3v) is 6.20. The van der Waals surface area contributed by atoms with E-state index in [2.05, 4.69) is 21.2 Å². The van der Waals surface area contributed by atoms with Crippen LogP contribution in [0.25, 0.3) is 10.4 Å². The van der Waals surface area contributed by atoms with Crippen LogP contribution in [0.2, 0.25) is 0 Å². The van der Waals surface area contributed by atoms with E-state index >= 15 is 0 Å². The number of furan rings is 1. The zero-order valence-corrected chi connectivity index (χ0v) is 19.0. The van der Waals surface area contributed by atoms with Crippen molar-refractivity contribution in [1.29, 1.82) is 0 Å². The molecule has 0 bridgehead atoms. The maximum absolute atomic E-state index is 12.3. The van der Waals surface area contributed by atoms with Crippen molar-refractivity contribution in [3.8, 4) is 16.2 Å². The fraction of sp³-hybridized carbons (Fsp3) is 0.190. The lowest BCUT2D eigenvalue weighted by atomic mass is 10.1. The Kier molecular flexibility index (Phi) is 7.48. The molecule has 31 heavy (non-hydrogen) atoms. The molecule has 0 aliphatic carbocycles. The number of ether oxygens (including phenoxy) is 3. The van der Waals surface area contributed by atoms with Crippen LogP contribution in [0.1, 0.15) is 27.0 Å². The summed E-state index contributed by atoms with van der Waals surface area (Å²) in [5.74, 6) is -1.28. The van der Waals surface area contributed by atoms with Crippen LogP contribution >= 0.6 is 27.3 Å². The van der Waals surface area contributed by atoms with Crippen LogP contribution in [0.15, 0.2) is 51.7 Å². The fourth-order valence-corrected chi connectivity index (χ4v) is 4.57. The van der Waals surface area contributed by atoms with Gasteiger partial charge in [0.2, 0.25) is 0 Å². The largest absolute Gasteiger partial charge is 0.479 e. The number of anilines is 1. The smallest absolute Gasteiger partial charge is 0.351 e. The standard InChI is InChI=1S/C21H18BrNO7S/c1-3-29-15(24)11-30-17-16(22)18(31-19(17)21(26)27-2)12-5-4-6-14(9-12)23-20(25)13-7-8-28-10-13/h4-10H,3,11H2,1-2H3,(H,23,25). The van der Waals surface area contributed by atoms with Crippen molar-refractivity contribution in [2.24, 2.45) is 0 Å². The van der Waals surface area contributed by atoms with Gasteiger partial charge in [-0.2, -0.15) is 0 Å². The predicted molar refractivity (Wildman–Crippen MR) is 118 cm³/mol. The van der Waals surface area contributed by atoms with Crippen molar-refractivity contribution >= 4 is 50.8 Å². The second-order valence-electron chi connectivity index (χ2n) is 6.04. The first-order valence-electron chi connectivity index (χ1n) is 9.07. The van der Waals surface area contributed by atoms with Crippen LogP contribution in [0.3, 0.4) is 0 Å². The van der Waals surface area contributed by atoms with Crippen LogP contribution in [-0.2, 0) is 14.3 Å². The Morgan fingerprint density at radius 1 is 1.23 bits per heavy atom. The number of esters is 2. The summed E-state index contributed by atoms with van der Waals surface area (Å²) in [5, 5.41) is 2.79. The lowest BCUT2D eigenvalue weighted by Gasteiger charge is -2.08. The van der Waals surface area contributed by atoms with Crippen molar-refractivity contribution in [3.05, 3.63) is 57.8 Å². The van der Waals surface area contributed by atoms with Crippen molar-refractivity contribution in [2.45, 2.75) is 6.92 Å². The molecular weight excluding hydrogens is 490 g/mol. The third kappa shape index (κ3) is 5.33. The summed E-state index contributed by atoms with van der Waals surface area (Å²) in [6, 6.07) is 8.64. The van der Waals surface area contributed by atoms with E-state index in [-0.39, 0.29) is 29.7 Å². The van der Waals surface area contributed by atoms with Gasteiger partial charge in [0.15, 0.2) is 17.2 Å². The Bertz CT molecular complexity index is 1090. The highest BCUT2D eigenvalue weighted by atomic mass is 79.9. The number of amides is 1. The number of rotatable bonds is 8. The van der Waals surface area contributed by atoms with E-state index in [4.69, 9.17) is 18.6 Å². The minimum Gasteiger partial charge on any atom is -0.479 e. The van der Waals surface area contributed by atoms with Crippen LogP contribution in [0, 0.1) is 0 Å². The van der Waals surface area contributed by atoms with E-state index < -0.39 is 11.9 Å². The first-order valence-corrected chi connectivity index (χ1v) is 10.7. The molecule has 0 fully saturated rings. The second kappa shape index (κ2) is 10.3. The average molecular weight is 508 g/mol. The summed E-state index contributed by atoms with van der Waals surface area (Å²) >= 11 is 4.59. The Morgan fingerprint density at radius 3 is 2.71 bits per heavy atom.